The number of hydrogen-bond acceptors (Lipinski definition) is 1. The summed E-state index contributed by atoms with van der Waals surface area (Å²) in [6, 6.07) is 12.5. The normalized spacial score (nSPS) is 17.5. The molecule has 0 spiro atoms. The topological polar surface area (TPSA) is 12.0 Å². The molecule has 2 aromatic rings. The van der Waals surface area contributed by atoms with E-state index in [0.29, 0.717) is 11.1 Å². The molecule has 3 heteroatoms. The van der Waals surface area contributed by atoms with Crippen LogP contribution in [0, 0.1) is 18.6 Å². The molecule has 0 aliphatic heterocycles. The number of aryl methyl sites for hydroxylation is 1. The molecular weight excluding hydrogens is 268 g/mol. The number of nitrogens with one attached hydrogen (secondary N) is 1. The maximum Gasteiger partial charge on any atom is 0.128 e. The van der Waals surface area contributed by atoms with E-state index in [9.17, 15) is 8.78 Å². The van der Waals surface area contributed by atoms with Gasteiger partial charge in [-0.1, -0.05) is 30.3 Å². The summed E-state index contributed by atoms with van der Waals surface area (Å²) in [6.45, 7) is 1.58. The van der Waals surface area contributed by atoms with Gasteiger partial charge in [-0.05, 0) is 50.1 Å². The standard InChI is InChI=1S/C18H19F2N/c1-12-10-16(20)14(11-15(12)19)17(21-2)18(8-9-18)13-6-4-3-5-7-13/h3-7,10-11,17,21H,8-9H2,1-2H3. The lowest BCUT2D eigenvalue weighted by molar-refractivity contribution is 0.437. The van der Waals surface area contributed by atoms with Gasteiger partial charge in [0, 0.05) is 17.0 Å². The number of likely N-dealkylation sites (N-methyl/N-ethyl adjacent to an activating group) is 1. The van der Waals surface area contributed by atoms with E-state index in [2.05, 4.69) is 17.4 Å². The van der Waals surface area contributed by atoms with Crippen LogP contribution in [0.5, 0.6) is 0 Å². The maximum atomic E-state index is 14.3. The van der Waals surface area contributed by atoms with Crippen molar-refractivity contribution < 1.29 is 8.78 Å². The Labute approximate surface area is 124 Å². The van der Waals surface area contributed by atoms with Crippen LogP contribution in [-0.2, 0) is 5.41 Å². The van der Waals surface area contributed by atoms with Crippen molar-refractivity contribution in [2.75, 3.05) is 7.05 Å². The van der Waals surface area contributed by atoms with Gasteiger partial charge < -0.3 is 5.32 Å². The summed E-state index contributed by atoms with van der Waals surface area (Å²) in [7, 11) is 1.81. The van der Waals surface area contributed by atoms with Gasteiger partial charge in [-0.15, -0.1) is 0 Å². The average Bonchev–Trinajstić information content (AvgIpc) is 3.28. The first-order chi connectivity index (χ1) is 10.1. The van der Waals surface area contributed by atoms with Gasteiger partial charge in [-0.25, -0.2) is 8.78 Å². The summed E-state index contributed by atoms with van der Waals surface area (Å²) in [5, 5.41) is 3.20. The van der Waals surface area contributed by atoms with E-state index in [1.807, 2.05) is 25.2 Å². The first-order valence-corrected chi connectivity index (χ1v) is 7.27. The first kappa shape index (κ1) is 14.2. The summed E-state index contributed by atoms with van der Waals surface area (Å²) in [5.74, 6) is -0.689. The van der Waals surface area contributed by atoms with Crippen molar-refractivity contribution >= 4 is 0 Å². The van der Waals surface area contributed by atoms with Gasteiger partial charge in [-0.2, -0.15) is 0 Å². The Balaban J connectivity index is 2.06. The second kappa shape index (κ2) is 5.23. The third-order valence-electron chi connectivity index (χ3n) is 4.57. The Kier molecular flexibility index (Phi) is 3.54. The third-order valence-corrected chi connectivity index (χ3v) is 4.57. The van der Waals surface area contributed by atoms with Crippen molar-refractivity contribution in [1.29, 1.82) is 0 Å². The number of benzene rings is 2. The van der Waals surface area contributed by atoms with Crippen LogP contribution >= 0.6 is 0 Å². The molecule has 3 rings (SSSR count). The highest BCUT2D eigenvalue weighted by Gasteiger charge is 2.51. The van der Waals surface area contributed by atoms with E-state index >= 15 is 0 Å². The van der Waals surface area contributed by atoms with Crippen LogP contribution in [0.2, 0.25) is 0 Å². The molecule has 0 heterocycles. The molecule has 0 aromatic heterocycles. The molecule has 0 saturated heterocycles. The fourth-order valence-electron chi connectivity index (χ4n) is 3.26. The molecule has 1 unspecified atom stereocenters. The Morgan fingerprint density at radius 2 is 1.71 bits per heavy atom. The first-order valence-electron chi connectivity index (χ1n) is 7.27. The molecule has 1 saturated carbocycles. The molecule has 0 radical (unpaired) electrons. The highest BCUT2D eigenvalue weighted by Crippen LogP contribution is 2.56. The zero-order chi connectivity index (χ0) is 15.0. The smallest absolute Gasteiger partial charge is 0.128 e. The van der Waals surface area contributed by atoms with E-state index in [0.717, 1.165) is 12.8 Å². The number of halogens is 2. The minimum Gasteiger partial charge on any atom is -0.312 e. The molecular formula is C18H19F2N. The van der Waals surface area contributed by atoms with Crippen LogP contribution in [-0.4, -0.2) is 7.05 Å². The monoisotopic (exact) mass is 287 g/mol. The molecule has 1 nitrogen and oxygen atoms in total. The van der Waals surface area contributed by atoms with E-state index in [4.69, 9.17) is 0 Å². The van der Waals surface area contributed by atoms with Crippen molar-refractivity contribution in [3.05, 3.63) is 70.8 Å². The van der Waals surface area contributed by atoms with Gasteiger partial charge in [-0.3, -0.25) is 0 Å². The third kappa shape index (κ3) is 2.36. The van der Waals surface area contributed by atoms with Crippen LogP contribution in [0.3, 0.4) is 0 Å². The van der Waals surface area contributed by atoms with Crippen molar-refractivity contribution in [2.24, 2.45) is 0 Å². The SMILES string of the molecule is CNC(c1cc(F)c(C)cc1F)C1(c2ccccc2)CC1. The van der Waals surface area contributed by atoms with Crippen molar-refractivity contribution in [2.45, 2.75) is 31.2 Å². The lowest BCUT2D eigenvalue weighted by atomic mass is 9.83. The van der Waals surface area contributed by atoms with Gasteiger partial charge in [0.05, 0.1) is 0 Å². The second-order valence-electron chi connectivity index (χ2n) is 5.87. The fourth-order valence-corrected chi connectivity index (χ4v) is 3.26. The zero-order valence-electron chi connectivity index (χ0n) is 12.3. The Bertz CT molecular complexity index is 648. The van der Waals surface area contributed by atoms with E-state index in [1.54, 1.807) is 6.92 Å². The Morgan fingerprint density at radius 3 is 2.29 bits per heavy atom. The van der Waals surface area contributed by atoms with E-state index < -0.39 is 0 Å². The molecule has 110 valence electrons. The highest BCUT2D eigenvalue weighted by atomic mass is 19.1. The van der Waals surface area contributed by atoms with Gasteiger partial charge in [0.25, 0.3) is 0 Å². The predicted octanol–water partition coefficient (Wildman–Crippen LogP) is 4.27. The number of hydrogen-bond donors (Lipinski definition) is 1. The lowest BCUT2D eigenvalue weighted by Crippen LogP contribution is -2.30. The van der Waals surface area contributed by atoms with Crippen LogP contribution < -0.4 is 5.32 Å². The van der Waals surface area contributed by atoms with Gasteiger partial charge in [0.2, 0.25) is 0 Å². The lowest BCUT2D eigenvalue weighted by Gasteiger charge is -2.28. The minimum absolute atomic E-state index is 0.126. The van der Waals surface area contributed by atoms with Crippen molar-refractivity contribution in [3.8, 4) is 0 Å². The van der Waals surface area contributed by atoms with Crippen molar-refractivity contribution in [1.82, 2.24) is 5.32 Å². The predicted molar refractivity (Wildman–Crippen MR) is 80.2 cm³/mol. The van der Waals surface area contributed by atoms with Gasteiger partial charge in [0.1, 0.15) is 11.6 Å². The van der Waals surface area contributed by atoms with Crippen LogP contribution in [0.15, 0.2) is 42.5 Å². The molecule has 0 bridgehead atoms. The Hall–Kier alpha value is -1.74. The zero-order valence-corrected chi connectivity index (χ0v) is 12.3. The van der Waals surface area contributed by atoms with Crippen LogP contribution in [0.25, 0.3) is 0 Å². The molecule has 1 atom stereocenters. The molecule has 21 heavy (non-hydrogen) atoms. The molecule has 1 N–H and O–H groups in total. The number of rotatable bonds is 4. The van der Waals surface area contributed by atoms with Gasteiger partial charge >= 0.3 is 0 Å². The molecule has 0 amide bonds. The summed E-state index contributed by atoms with van der Waals surface area (Å²) in [4.78, 5) is 0. The molecule has 1 fully saturated rings. The van der Waals surface area contributed by atoms with Gasteiger partial charge in [0.15, 0.2) is 0 Å². The summed E-state index contributed by atoms with van der Waals surface area (Å²) in [6.07, 6.45) is 1.97. The quantitative estimate of drug-likeness (QED) is 0.885. The second-order valence-corrected chi connectivity index (χ2v) is 5.87. The summed E-state index contributed by atoms with van der Waals surface area (Å²) >= 11 is 0. The van der Waals surface area contributed by atoms with E-state index in [-0.39, 0.29) is 23.1 Å². The average molecular weight is 287 g/mol. The summed E-state index contributed by atoms with van der Waals surface area (Å²) in [5.41, 5.74) is 1.82. The Morgan fingerprint density at radius 1 is 1.05 bits per heavy atom. The van der Waals surface area contributed by atoms with Crippen LogP contribution in [0.4, 0.5) is 8.78 Å². The van der Waals surface area contributed by atoms with Crippen LogP contribution in [0.1, 0.15) is 35.6 Å². The molecule has 1 aliphatic carbocycles. The maximum absolute atomic E-state index is 14.3. The largest absolute Gasteiger partial charge is 0.312 e. The fraction of sp³-hybridized carbons (Fsp3) is 0.333. The summed E-state index contributed by atoms with van der Waals surface area (Å²) < 4.78 is 28.2. The molecule has 2 aromatic carbocycles. The van der Waals surface area contributed by atoms with Crippen molar-refractivity contribution in [3.63, 3.8) is 0 Å². The highest BCUT2D eigenvalue weighted by molar-refractivity contribution is 5.40. The molecule has 1 aliphatic rings. The van der Waals surface area contributed by atoms with E-state index in [1.165, 1.54) is 17.7 Å². The minimum atomic E-state index is -0.351.